The number of benzene rings is 2. The highest BCUT2D eigenvalue weighted by atomic mass is 16.6. The molecule has 0 unspecified atom stereocenters. The van der Waals surface area contributed by atoms with E-state index in [0.29, 0.717) is 0 Å². The summed E-state index contributed by atoms with van der Waals surface area (Å²) in [6, 6.07) is 4.41. The van der Waals surface area contributed by atoms with Crippen molar-refractivity contribution in [2.45, 2.75) is 37.4 Å². The van der Waals surface area contributed by atoms with Gasteiger partial charge >= 0.3 is 5.97 Å². The Morgan fingerprint density at radius 1 is 0.943 bits per heavy atom. The van der Waals surface area contributed by atoms with Crippen LogP contribution in [0.4, 0.5) is 0 Å². The van der Waals surface area contributed by atoms with Gasteiger partial charge in [0, 0.05) is 13.0 Å². The van der Waals surface area contributed by atoms with Crippen molar-refractivity contribution in [1.82, 2.24) is 0 Å². The molecule has 1 saturated heterocycles. The van der Waals surface area contributed by atoms with Crippen molar-refractivity contribution < 1.29 is 54.4 Å². The maximum atomic E-state index is 13.2. The highest BCUT2D eigenvalue weighted by molar-refractivity contribution is 5.91. The summed E-state index contributed by atoms with van der Waals surface area (Å²) < 4.78 is 16.0. The number of aromatic hydroxyl groups is 4. The average Bonchev–Trinajstić information content (AvgIpc) is 2.79. The summed E-state index contributed by atoms with van der Waals surface area (Å²) in [6.45, 7) is 0.642. The van der Waals surface area contributed by atoms with Gasteiger partial charge in [-0.15, -0.1) is 0 Å². The number of carbonyl (C=O) groups is 1. The second kappa shape index (κ2) is 9.07. The summed E-state index contributed by atoms with van der Waals surface area (Å²) >= 11 is 0. The van der Waals surface area contributed by atoms with E-state index < -0.39 is 76.9 Å². The Balaban J connectivity index is 1.86. The Morgan fingerprint density at radius 3 is 2.31 bits per heavy atom. The molecule has 186 valence electrons. The number of aliphatic hydroxyl groups excluding tert-OH is 3. The maximum Gasteiger partial charge on any atom is 0.302 e. The Kier molecular flexibility index (Phi) is 6.30. The van der Waals surface area contributed by atoms with Crippen LogP contribution in [0.25, 0.3) is 22.1 Å². The highest BCUT2D eigenvalue weighted by Crippen LogP contribution is 2.43. The summed E-state index contributed by atoms with van der Waals surface area (Å²) in [5, 5.41) is 71.0. The van der Waals surface area contributed by atoms with E-state index in [4.69, 9.17) is 13.9 Å². The molecule has 7 N–H and O–H groups in total. The van der Waals surface area contributed by atoms with E-state index in [9.17, 15) is 45.3 Å². The lowest BCUT2D eigenvalue weighted by Crippen LogP contribution is -2.55. The van der Waals surface area contributed by atoms with Crippen LogP contribution >= 0.6 is 0 Å². The molecular weight excluding hydrogens is 468 g/mol. The smallest absolute Gasteiger partial charge is 0.302 e. The Morgan fingerprint density at radius 2 is 1.66 bits per heavy atom. The van der Waals surface area contributed by atoms with Gasteiger partial charge in [0.2, 0.25) is 5.43 Å². The Bertz CT molecular complexity index is 1350. The molecule has 0 bridgehead atoms. The van der Waals surface area contributed by atoms with Crippen molar-refractivity contribution in [3.8, 4) is 34.1 Å². The van der Waals surface area contributed by atoms with E-state index in [1.54, 1.807) is 0 Å². The van der Waals surface area contributed by atoms with Crippen LogP contribution in [-0.4, -0.2) is 72.7 Å². The van der Waals surface area contributed by atoms with Gasteiger partial charge in [-0.2, -0.15) is 0 Å². The number of fused-ring (bicyclic) bond motifs is 1. The summed E-state index contributed by atoms with van der Waals surface area (Å²) in [5.41, 5.74) is -1.41. The predicted molar refractivity (Wildman–Crippen MR) is 117 cm³/mol. The van der Waals surface area contributed by atoms with Crippen LogP contribution in [0.2, 0.25) is 0 Å². The van der Waals surface area contributed by atoms with Crippen molar-refractivity contribution >= 4 is 16.9 Å². The molecule has 5 atom stereocenters. The first-order valence-corrected chi connectivity index (χ1v) is 10.4. The number of hydrogen-bond donors (Lipinski definition) is 7. The lowest BCUT2D eigenvalue weighted by molar-refractivity contribution is -0.234. The molecule has 0 amide bonds. The van der Waals surface area contributed by atoms with Gasteiger partial charge in [0.1, 0.15) is 60.3 Å². The third kappa shape index (κ3) is 4.23. The van der Waals surface area contributed by atoms with Crippen molar-refractivity contribution in [1.29, 1.82) is 0 Å². The second-order valence-electron chi connectivity index (χ2n) is 8.08. The minimum atomic E-state index is -1.81. The number of ether oxygens (including phenoxy) is 2. The molecule has 0 saturated carbocycles. The highest BCUT2D eigenvalue weighted by Gasteiger charge is 2.46. The van der Waals surface area contributed by atoms with Gasteiger partial charge in [-0.3, -0.25) is 9.59 Å². The molecule has 0 radical (unpaired) electrons. The van der Waals surface area contributed by atoms with Crippen LogP contribution in [0.5, 0.6) is 23.0 Å². The average molecular weight is 490 g/mol. The number of carbonyl (C=O) groups excluding carboxylic acids is 1. The Hall–Kier alpha value is -3.84. The molecule has 1 aliphatic rings. The largest absolute Gasteiger partial charge is 0.507 e. The van der Waals surface area contributed by atoms with Gasteiger partial charge in [-0.1, -0.05) is 6.07 Å². The SMILES string of the molecule is CC(=O)OC[C@@H]1O[C@@H](c2c(O)cc(O)c3c(=O)c(-c4ccc(O)c(O)c4)coc23)[C@H](O)[C@@H](O)[C@@H]1O. The number of aliphatic hydroxyl groups is 3. The van der Waals surface area contributed by atoms with Crippen LogP contribution in [-0.2, 0) is 14.3 Å². The first-order chi connectivity index (χ1) is 16.5. The molecule has 1 aliphatic heterocycles. The molecule has 1 aromatic heterocycles. The van der Waals surface area contributed by atoms with Crippen molar-refractivity contribution in [2.24, 2.45) is 0 Å². The van der Waals surface area contributed by atoms with Gasteiger partial charge in [-0.25, -0.2) is 0 Å². The van der Waals surface area contributed by atoms with Gasteiger partial charge in [0.05, 0.1) is 11.1 Å². The van der Waals surface area contributed by atoms with E-state index in [0.717, 1.165) is 31.4 Å². The molecule has 12 heteroatoms. The summed E-state index contributed by atoms with van der Waals surface area (Å²) in [7, 11) is 0. The zero-order valence-electron chi connectivity index (χ0n) is 18.2. The number of phenolic OH excluding ortho intramolecular Hbond substituents is 4. The number of rotatable bonds is 4. The second-order valence-corrected chi connectivity index (χ2v) is 8.08. The normalized spacial score (nSPS) is 24.4. The minimum absolute atomic E-state index is 0.104. The molecule has 3 aromatic rings. The molecule has 35 heavy (non-hydrogen) atoms. The quantitative estimate of drug-likeness (QED) is 0.195. The van der Waals surface area contributed by atoms with Crippen LogP contribution in [0, 0.1) is 0 Å². The topological polar surface area (TPSA) is 207 Å². The van der Waals surface area contributed by atoms with Crippen molar-refractivity contribution in [3.05, 3.63) is 46.3 Å². The lowest BCUT2D eigenvalue weighted by Gasteiger charge is -2.40. The molecule has 2 heterocycles. The van der Waals surface area contributed by atoms with E-state index in [2.05, 4.69) is 0 Å². The van der Waals surface area contributed by atoms with Crippen molar-refractivity contribution in [2.75, 3.05) is 6.61 Å². The summed E-state index contributed by atoms with van der Waals surface area (Å²) in [4.78, 5) is 24.4. The fourth-order valence-corrected chi connectivity index (χ4v) is 3.99. The molecule has 2 aromatic carbocycles. The minimum Gasteiger partial charge on any atom is -0.507 e. The summed E-state index contributed by atoms with van der Waals surface area (Å²) in [5.74, 6) is -2.91. The van der Waals surface area contributed by atoms with Gasteiger partial charge in [0.15, 0.2) is 17.1 Å². The number of phenols is 4. The predicted octanol–water partition coefficient (Wildman–Crippen LogP) is 0.368. The number of esters is 1. The number of hydrogen-bond acceptors (Lipinski definition) is 12. The van der Waals surface area contributed by atoms with Gasteiger partial charge in [-0.05, 0) is 17.7 Å². The van der Waals surface area contributed by atoms with E-state index in [-0.39, 0.29) is 22.3 Å². The zero-order chi connectivity index (χ0) is 25.6. The first kappa shape index (κ1) is 24.3. The van der Waals surface area contributed by atoms with Crippen LogP contribution < -0.4 is 5.43 Å². The molecule has 1 fully saturated rings. The van der Waals surface area contributed by atoms with Gasteiger partial charge in [0.25, 0.3) is 0 Å². The lowest BCUT2D eigenvalue weighted by atomic mass is 9.89. The van der Waals surface area contributed by atoms with Crippen molar-refractivity contribution in [3.63, 3.8) is 0 Å². The Labute approximate surface area is 196 Å². The maximum absolute atomic E-state index is 13.2. The van der Waals surface area contributed by atoms with Crippen LogP contribution in [0.1, 0.15) is 18.6 Å². The first-order valence-electron chi connectivity index (χ1n) is 10.4. The third-order valence-electron chi connectivity index (χ3n) is 5.78. The standard InChI is InChI=1S/C23H22O12/c1-8(24)33-7-15-19(30)20(31)21(32)23(35-15)17-14(28)5-13(27)16-18(29)10(6-34-22(16)17)9-2-3-11(25)12(26)4-9/h2-6,15,19-21,23,25-28,30-32H,7H2,1H3/t15-,19+,20-,21+,23-/m0/s1. The van der Waals surface area contributed by atoms with E-state index in [1.807, 2.05) is 0 Å². The fourth-order valence-electron chi connectivity index (χ4n) is 3.99. The summed E-state index contributed by atoms with van der Waals surface area (Å²) in [6.07, 6.45) is -7.14. The third-order valence-corrected chi connectivity index (χ3v) is 5.78. The fraction of sp³-hybridized carbons (Fsp3) is 0.304. The molecule has 12 nitrogen and oxygen atoms in total. The molecule has 4 rings (SSSR count). The molecule has 0 aliphatic carbocycles. The van der Waals surface area contributed by atoms with E-state index >= 15 is 0 Å². The molecular formula is C23H22O12. The van der Waals surface area contributed by atoms with Crippen LogP contribution in [0.15, 0.2) is 39.7 Å². The molecule has 0 spiro atoms. The zero-order valence-corrected chi connectivity index (χ0v) is 18.2. The van der Waals surface area contributed by atoms with E-state index in [1.165, 1.54) is 6.07 Å². The van der Waals surface area contributed by atoms with Gasteiger partial charge < -0.3 is 49.6 Å². The monoisotopic (exact) mass is 490 g/mol. The van der Waals surface area contributed by atoms with Crippen LogP contribution in [0.3, 0.4) is 0 Å².